The lowest BCUT2D eigenvalue weighted by molar-refractivity contribution is 0.104. The van der Waals surface area contributed by atoms with Gasteiger partial charge >= 0.3 is 0 Å². The molecule has 0 amide bonds. The Hall–Kier alpha value is -3.87. The molecule has 2 N–H and O–H groups in total. The summed E-state index contributed by atoms with van der Waals surface area (Å²) < 4.78 is 28.3. The first-order valence-corrected chi connectivity index (χ1v) is 8.39. The molecule has 0 saturated heterocycles. The Bertz CT molecular complexity index is 1170. The zero-order valence-corrected chi connectivity index (χ0v) is 14.5. The minimum absolute atomic E-state index is 0.0277. The van der Waals surface area contributed by atoms with Crippen LogP contribution in [-0.4, -0.2) is 20.5 Å². The second-order valence-corrected chi connectivity index (χ2v) is 6.06. The van der Waals surface area contributed by atoms with Crippen molar-refractivity contribution in [1.29, 1.82) is 0 Å². The van der Waals surface area contributed by atoms with Gasteiger partial charge in [0.25, 0.3) is 0 Å². The van der Waals surface area contributed by atoms with Gasteiger partial charge in [0.2, 0.25) is 0 Å². The summed E-state index contributed by atoms with van der Waals surface area (Å²) in [6.07, 6.45) is 4.56. The molecule has 0 atom stereocenters. The monoisotopic (exact) mass is 376 g/mol. The molecule has 2 heterocycles. The molecule has 0 spiro atoms. The predicted octanol–water partition coefficient (Wildman–Crippen LogP) is 4.03. The number of rotatable bonds is 4. The molecule has 0 aliphatic heterocycles. The fourth-order valence-electron chi connectivity index (χ4n) is 2.99. The van der Waals surface area contributed by atoms with Crippen LogP contribution in [0.2, 0.25) is 0 Å². The zero-order chi connectivity index (χ0) is 19.7. The fraction of sp³-hybridized carbons (Fsp3) is 0. The molecule has 4 rings (SSSR count). The van der Waals surface area contributed by atoms with E-state index >= 15 is 0 Å². The highest BCUT2D eigenvalue weighted by atomic mass is 19.1. The van der Waals surface area contributed by atoms with Gasteiger partial charge in [-0.25, -0.2) is 13.5 Å². The van der Waals surface area contributed by atoms with Crippen molar-refractivity contribution in [3.63, 3.8) is 0 Å². The van der Waals surface area contributed by atoms with Crippen molar-refractivity contribution in [2.45, 2.75) is 0 Å². The van der Waals surface area contributed by atoms with Crippen molar-refractivity contribution in [2.75, 3.05) is 5.73 Å². The van der Waals surface area contributed by atoms with E-state index in [-0.39, 0.29) is 22.9 Å². The second kappa shape index (κ2) is 7.03. The van der Waals surface area contributed by atoms with E-state index in [1.807, 2.05) is 12.1 Å². The maximum absolute atomic E-state index is 14.1. The number of ketones is 1. The minimum atomic E-state index is -0.828. The molecule has 2 aromatic heterocycles. The number of halogens is 2. The molecule has 4 aromatic rings. The van der Waals surface area contributed by atoms with Gasteiger partial charge < -0.3 is 5.73 Å². The minimum Gasteiger partial charge on any atom is -0.383 e. The molecule has 7 heteroatoms. The summed E-state index contributed by atoms with van der Waals surface area (Å²) in [5, 5.41) is 4.02. The molecular weight excluding hydrogens is 362 g/mol. The van der Waals surface area contributed by atoms with Gasteiger partial charge in [-0.1, -0.05) is 24.3 Å². The number of nitrogen functional groups attached to an aromatic ring is 1. The lowest BCUT2D eigenvalue weighted by Gasteiger charge is -2.09. The Morgan fingerprint density at radius 1 is 0.964 bits per heavy atom. The number of carbonyl (C=O) groups is 1. The van der Waals surface area contributed by atoms with Gasteiger partial charge in [0.15, 0.2) is 11.6 Å². The summed E-state index contributed by atoms with van der Waals surface area (Å²) in [6.45, 7) is 0. The van der Waals surface area contributed by atoms with Crippen LogP contribution in [0.5, 0.6) is 0 Å². The van der Waals surface area contributed by atoms with E-state index in [9.17, 15) is 13.6 Å². The molecule has 0 radical (unpaired) electrons. The van der Waals surface area contributed by atoms with Gasteiger partial charge in [0, 0.05) is 24.0 Å². The normalized spacial score (nSPS) is 10.8. The first-order valence-electron chi connectivity index (χ1n) is 8.39. The van der Waals surface area contributed by atoms with E-state index < -0.39 is 11.6 Å². The highest BCUT2D eigenvalue weighted by Gasteiger charge is 2.21. The summed E-state index contributed by atoms with van der Waals surface area (Å²) in [4.78, 5) is 17.1. The number of hydrogen-bond acceptors (Lipinski definition) is 4. The molecule has 0 unspecified atom stereocenters. The third-order valence-electron chi connectivity index (χ3n) is 4.35. The quantitative estimate of drug-likeness (QED) is 0.546. The van der Waals surface area contributed by atoms with Crippen LogP contribution in [0.3, 0.4) is 0 Å². The summed E-state index contributed by atoms with van der Waals surface area (Å²) in [5.41, 5.74) is 8.14. The van der Waals surface area contributed by atoms with Crippen LogP contribution in [0.15, 0.2) is 73.2 Å². The van der Waals surface area contributed by atoms with E-state index in [4.69, 9.17) is 5.73 Å². The Labute approximate surface area is 159 Å². The zero-order valence-electron chi connectivity index (χ0n) is 14.5. The number of pyridine rings is 1. The Morgan fingerprint density at radius 2 is 1.71 bits per heavy atom. The highest BCUT2D eigenvalue weighted by Crippen LogP contribution is 2.28. The van der Waals surface area contributed by atoms with Gasteiger partial charge in [-0.3, -0.25) is 9.78 Å². The van der Waals surface area contributed by atoms with E-state index in [1.165, 1.54) is 12.3 Å². The summed E-state index contributed by atoms with van der Waals surface area (Å²) in [7, 11) is 0. The van der Waals surface area contributed by atoms with Gasteiger partial charge in [0.1, 0.15) is 17.3 Å². The smallest absolute Gasteiger partial charge is 0.198 e. The molecule has 2 aromatic carbocycles. The average molecular weight is 376 g/mol. The summed E-state index contributed by atoms with van der Waals surface area (Å²) in [5.74, 6) is -1.92. The Morgan fingerprint density at radius 3 is 2.46 bits per heavy atom. The van der Waals surface area contributed by atoms with E-state index in [0.29, 0.717) is 5.56 Å². The molecule has 0 aliphatic carbocycles. The molecule has 0 fully saturated rings. The second-order valence-electron chi connectivity index (χ2n) is 6.06. The molecule has 138 valence electrons. The molecule has 0 aliphatic rings. The third-order valence-corrected chi connectivity index (χ3v) is 4.35. The maximum Gasteiger partial charge on any atom is 0.198 e. The van der Waals surface area contributed by atoms with Crippen molar-refractivity contribution in [3.8, 4) is 16.8 Å². The van der Waals surface area contributed by atoms with Crippen LogP contribution in [0.4, 0.5) is 14.6 Å². The SMILES string of the molecule is Nc1c(C(=O)c2ccccc2-c2ccncc2)cnn1-c1ccc(F)cc1F. The van der Waals surface area contributed by atoms with Crippen molar-refractivity contribution >= 4 is 11.6 Å². The number of hydrogen-bond donors (Lipinski definition) is 1. The van der Waals surface area contributed by atoms with Crippen LogP contribution in [0.1, 0.15) is 15.9 Å². The number of benzene rings is 2. The fourth-order valence-corrected chi connectivity index (χ4v) is 2.99. The first kappa shape index (κ1) is 17.5. The van der Waals surface area contributed by atoms with Crippen LogP contribution < -0.4 is 5.73 Å². The van der Waals surface area contributed by atoms with Crippen molar-refractivity contribution < 1.29 is 13.6 Å². The first-order chi connectivity index (χ1) is 13.6. The lowest BCUT2D eigenvalue weighted by Crippen LogP contribution is -2.09. The van der Waals surface area contributed by atoms with Crippen LogP contribution >= 0.6 is 0 Å². The highest BCUT2D eigenvalue weighted by molar-refractivity contribution is 6.15. The van der Waals surface area contributed by atoms with E-state index in [2.05, 4.69) is 10.1 Å². The van der Waals surface area contributed by atoms with Gasteiger partial charge in [-0.05, 0) is 35.4 Å². The van der Waals surface area contributed by atoms with Crippen molar-refractivity contribution in [1.82, 2.24) is 14.8 Å². The maximum atomic E-state index is 14.1. The number of aromatic nitrogens is 3. The molecule has 5 nitrogen and oxygen atoms in total. The van der Waals surface area contributed by atoms with Gasteiger partial charge in [-0.15, -0.1) is 0 Å². The summed E-state index contributed by atoms with van der Waals surface area (Å²) >= 11 is 0. The van der Waals surface area contributed by atoms with Crippen molar-refractivity contribution in [3.05, 3.63) is 95.9 Å². The summed E-state index contributed by atoms with van der Waals surface area (Å²) in [6, 6.07) is 13.7. The molecular formula is C21H14F2N4O. The van der Waals surface area contributed by atoms with Crippen LogP contribution in [-0.2, 0) is 0 Å². The largest absolute Gasteiger partial charge is 0.383 e. The van der Waals surface area contributed by atoms with Gasteiger partial charge in [0.05, 0.1) is 11.8 Å². The van der Waals surface area contributed by atoms with Crippen LogP contribution in [0.25, 0.3) is 16.8 Å². The van der Waals surface area contributed by atoms with E-state index in [0.717, 1.165) is 27.9 Å². The van der Waals surface area contributed by atoms with E-state index in [1.54, 1.807) is 36.7 Å². The predicted molar refractivity (Wildman–Crippen MR) is 101 cm³/mol. The van der Waals surface area contributed by atoms with Crippen LogP contribution in [0, 0.1) is 11.6 Å². The number of anilines is 1. The number of nitrogens with zero attached hydrogens (tertiary/aromatic N) is 3. The third kappa shape index (κ3) is 3.03. The topological polar surface area (TPSA) is 73.8 Å². The standard InChI is InChI=1S/C21H14F2N4O/c22-14-5-6-19(18(23)11-14)27-21(24)17(12-26-27)20(28)16-4-2-1-3-15(16)13-7-9-25-10-8-13/h1-12H,24H2. The lowest BCUT2D eigenvalue weighted by atomic mass is 9.95. The molecule has 0 bridgehead atoms. The molecule has 28 heavy (non-hydrogen) atoms. The number of nitrogens with two attached hydrogens (primary N) is 1. The number of carbonyl (C=O) groups excluding carboxylic acids is 1. The van der Waals surface area contributed by atoms with Gasteiger partial charge in [-0.2, -0.15) is 5.10 Å². The Balaban J connectivity index is 1.78. The van der Waals surface area contributed by atoms with Crippen molar-refractivity contribution in [2.24, 2.45) is 0 Å². The average Bonchev–Trinajstić information content (AvgIpc) is 3.09. The molecule has 0 saturated carbocycles. The Kier molecular flexibility index (Phi) is 4.41.